The van der Waals surface area contributed by atoms with Gasteiger partial charge in [0, 0.05) is 17.2 Å². The van der Waals surface area contributed by atoms with Crippen LogP contribution in [0.2, 0.25) is 0 Å². The molecule has 5 nitrogen and oxygen atoms in total. The number of aromatic nitrogens is 3. The average Bonchev–Trinajstić information content (AvgIpc) is 2.68. The monoisotopic (exact) mass is 298 g/mol. The van der Waals surface area contributed by atoms with Crippen molar-refractivity contribution in [3.63, 3.8) is 0 Å². The van der Waals surface area contributed by atoms with E-state index >= 15 is 0 Å². The maximum absolute atomic E-state index is 9.87. The van der Waals surface area contributed by atoms with Crippen LogP contribution in [0.3, 0.4) is 0 Å². The first-order valence-electron chi connectivity index (χ1n) is 5.48. The lowest BCUT2D eigenvalue weighted by Gasteiger charge is -2.20. The van der Waals surface area contributed by atoms with Gasteiger partial charge in [-0.25, -0.2) is 4.52 Å². The Morgan fingerprint density at radius 1 is 1.53 bits per heavy atom. The third-order valence-corrected chi connectivity index (χ3v) is 3.15. The maximum atomic E-state index is 9.87. The molecule has 0 fully saturated rings. The van der Waals surface area contributed by atoms with Gasteiger partial charge in [-0.3, -0.25) is 0 Å². The van der Waals surface area contributed by atoms with E-state index in [9.17, 15) is 5.11 Å². The van der Waals surface area contributed by atoms with Gasteiger partial charge in [0.05, 0.1) is 5.60 Å². The molecule has 0 saturated carbocycles. The molecule has 0 aliphatic rings. The predicted octanol–water partition coefficient (Wildman–Crippen LogP) is 2.06. The van der Waals surface area contributed by atoms with Crippen molar-refractivity contribution in [2.75, 3.05) is 11.9 Å². The molecule has 2 heterocycles. The molecule has 1 unspecified atom stereocenters. The average molecular weight is 299 g/mol. The molecule has 0 aliphatic carbocycles. The van der Waals surface area contributed by atoms with E-state index in [1.165, 1.54) is 0 Å². The molecule has 2 aromatic heterocycles. The molecule has 0 radical (unpaired) electrons. The van der Waals surface area contributed by atoms with E-state index in [-0.39, 0.29) is 0 Å². The minimum absolute atomic E-state index is 0.432. The molecule has 0 aliphatic heterocycles. The summed E-state index contributed by atoms with van der Waals surface area (Å²) in [5.41, 5.74) is 0.0322. The van der Waals surface area contributed by atoms with Crippen LogP contribution in [-0.4, -0.2) is 31.9 Å². The zero-order chi connectivity index (χ0) is 12.5. The summed E-state index contributed by atoms with van der Waals surface area (Å²) in [5.74, 6) is 0.525. The van der Waals surface area contributed by atoms with Crippen LogP contribution >= 0.6 is 15.9 Å². The number of fused-ring (bicyclic) bond motifs is 1. The van der Waals surface area contributed by atoms with E-state index < -0.39 is 5.60 Å². The molecule has 17 heavy (non-hydrogen) atoms. The second-order valence-electron chi connectivity index (χ2n) is 4.29. The third-order valence-electron chi connectivity index (χ3n) is 2.68. The molecule has 92 valence electrons. The number of hydrogen-bond acceptors (Lipinski definition) is 4. The van der Waals surface area contributed by atoms with Crippen molar-refractivity contribution in [1.29, 1.82) is 0 Å². The van der Waals surface area contributed by atoms with Crippen molar-refractivity contribution < 1.29 is 5.11 Å². The van der Waals surface area contributed by atoms with Crippen LogP contribution in [0.4, 0.5) is 5.95 Å². The van der Waals surface area contributed by atoms with Crippen molar-refractivity contribution in [3.8, 4) is 0 Å². The lowest BCUT2D eigenvalue weighted by atomic mass is 10.0. The molecular weight excluding hydrogens is 284 g/mol. The lowest BCUT2D eigenvalue weighted by Crippen LogP contribution is -2.32. The zero-order valence-corrected chi connectivity index (χ0v) is 11.4. The number of rotatable bonds is 4. The number of nitrogens with one attached hydrogen (secondary N) is 1. The SMILES string of the molecule is CCC(C)(O)CNc1nc2ccc(Br)cn2n1. The summed E-state index contributed by atoms with van der Waals surface area (Å²) in [5, 5.41) is 17.2. The number of halogens is 1. The second kappa shape index (κ2) is 4.62. The van der Waals surface area contributed by atoms with Crippen molar-refractivity contribution in [2.45, 2.75) is 25.9 Å². The minimum atomic E-state index is -0.738. The summed E-state index contributed by atoms with van der Waals surface area (Å²) in [6.45, 7) is 4.16. The van der Waals surface area contributed by atoms with Gasteiger partial charge >= 0.3 is 0 Å². The maximum Gasteiger partial charge on any atom is 0.243 e. The molecule has 6 heteroatoms. The van der Waals surface area contributed by atoms with Crippen molar-refractivity contribution in [2.24, 2.45) is 0 Å². The molecule has 0 amide bonds. The van der Waals surface area contributed by atoms with Crippen LogP contribution < -0.4 is 5.32 Å². The van der Waals surface area contributed by atoms with E-state index in [0.29, 0.717) is 18.9 Å². The van der Waals surface area contributed by atoms with Gasteiger partial charge in [-0.15, -0.1) is 5.10 Å². The Morgan fingerprint density at radius 2 is 2.29 bits per heavy atom. The summed E-state index contributed by atoms with van der Waals surface area (Å²) in [6, 6.07) is 3.79. The predicted molar refractivity (Wildman–Crippen MR) is 70.1 cm³/mol. The third kappa shape index (κ3) is 2.95. The summed E-state index contributed by atoms with van der Waals surface area (Å²) in [6.07, 6.45) is 2.52. The molecular formula is C11H15BrN4O. The number of aliphatic hydroxyl groups is 1. The first-order chi connectivity index (χ1) is 8.00. The Bertz CT molecular complexity index is 523. The Hall–Kier alpha value is -1.14. The van der Waals surface area contributed by atoms with Crippen LogP contribution in [0.1, 0.15) is 20.3 Å². The standard InChI is InChI=1S/C11H15BrN4O/c1-3-11(2,17)7-13-10-14-9-5-4-8(12)6-16(9)15-10/h4-6,17H,3,7H2,1-2H3,(H,13,15). The molecule has 1 atom stereocenters. The van der Waals surface area contributed by atoms with Crippen LogP contribution in [0.5, 0.6) is 0 Å². The van der Waals surface area contributed by atoms with Crippen molar-refractivity contribution >= 4 is 27.5 Å². The lowest BCUT2D eigenvalue weighted by molar-refractivity contribution is 0.0696. The molecule has 0 bridgehead atoms. The first-order valence-corrected chi connectivity index (χ1v) is 6.28. The van der Waals surface area contributed by atoms with Crippen molar-refractivity contribution in [1.82, 2.24) is 14.6 Å². The summed E-state index contributed by atoms with van der Waals surface area (Å²) in [4.78, 5) is 4.30. The van der Waals surface area contributed by atoms with E-state index in [2.05, 4.69) is 31.3 Å². The van der Waals surface area contributed by atoms with Crippen LogP contribution in [0.25, 0.3) is 5.65 Å². The molecule has 2 aromatic rings. The summed E-state index contributed by atoms with van der Waals surface area (Å²) in [7, 11) is 0. The highest BCUT2D eigenvalue weighted by molar-refractivity contribution is 9.10. The van der Waals surface area contributed by atoms with Gasteiger partial charge < -0.3 is 10.4 Å². The van der Waals surface area contributed by atoms with Gasteiger partial charge in [-0.2, -0.15) is 4.98 Å². The number of pyridine rings is 1. The normalized spacial score (nSPS) is 14.8. The van der Waals surface area contributed by atoms with Gasteiger partial charge in [0.25, 0.3) is 0 Å². The van der Waals surface area contributed by atoms with E-state index in [0.717, 1.165) is 10.1 Å². The molecule has 2 N–H and O–H groups in total. The fraction of sp³-hybridized carbons (Fsp3) is 0.455. The van der Waals surface area contributed by atoms with Crippen LogP contribution in [0.15, 0.2) is 22.8 Å². The minimum Gasteiger partial charge on any atom is -0.388 e. The quantitative estimate of drug-likeness (QED) is 0.907. The van der Waals surface area contributed by atoms with Gasteiger partial charge in [0.15, 0.2) is 5.65 Å². The Labute approximate surface area is 108 Å². The molecule has 2 rings (SSSR count). The van der Waals surface area contributed by atoms with Gasteiger partial charge in [-0.1, -0.05) is 6.92 Å². The summed E-state index contributed by atoms with van der Waals surface area (Å²) < 4.78 is 2.63. The highest BCUT2D eigenvalue weighted by atomic mass is 79.9. The van der Waals surface area contributed by atoms with Crippen molar-refractivity contribution in [3.05, 3.63) is 22.8 Å². The van der Waals surface area contributed by atoms with Gasteiger partial charge in [0.2, 0.25) is 5.95 Å². The van der Waals surface area contributed by atoms with Crippen LogP contribution in [0, 0.1) is 0 Å². The highest BCUT2D eigenvalue weighted by Gasteiger charge is 2.17. The van der Waals surface area contributed by atoms with E-state index in [1.54, 1.807) is 11.4 Å². The number of nitrogens with zero attached hydrogens (tertiary/aromatic N) is 3. The Morgan fingerprint density at radius 3 is 3.00 bits per heavy atom. The molecule has 0 aromatic carbocycles. The summed E-state index contributed by atoms with van der Waals surface area (Å²) >= 11 is 3.37. The van der Waals surface area contributed by atoms with E-state index in [4.69, 9.17) is 0 Å². The van der Waals surface area contributed by atoms with Crippen LogP contribution in [-0.2, 0) is 0 Å². The van der Waals surface area contributed by atoms with E-state index in [1.807, 2.05) is 25.3 Å². The fourth-order valence-electron chi connectivity index (χ4n) is 1.33. The first kappa shape index (κ1) is 12.3. The Balaban J connectivity index is 2.15. The topological polar surface area (TPSA) is 62.5 Å². The second-order valence-corrected chi connectivity index (χ2v) is 5.21. The largest absolute Gasteiger partial charge is 0.388 e. The molecule has 0 spiro atoms. The van der Waals surface area contributed by atoms with Gasteiger partial charge in [0.1, 0.15) is 0 Å². The number of anilines is 1. The fourth-order valence-corrected chi connectivity index (χ4v) is 1.65. The molecule has 0 saturated heterocycles. The van der Waals surface area contributed by atoms with Gasteiger partial charge in [-0.05, 0) is 41.4 Å². The smallest absolute Gasteiger partial charge is 0.243 e. The Kier molecular flexibility index (Phi) is 3.35. The number of hydrogen-bond donors (Lipinski definition) is 2. The highest BCUT2D eigenvalue weighted by Crippen LogP contribution is 2.13. The zero-order valence-electron chi connectivity index (χ0n) is 9.81.